The SMILES string of the molecule is C=C/C=C\c1cc(-c2cccc(-c3cccc(C4=CC=CC(C5C=C(c6ccc(/C=C/C7C=CC=CC7N=C)cc6)C=C(c6nc(-c7ccccc7)nc(-c7ccccc7)n6)C5)C4)c3)c2)c2ccccc2c1. The van der Waals surface area contributed by atoms with Crippen LogP contribution in [0.15, 0.2) is 254 Å². The van der Waals surface area contributed by atoms with Crippen molar-refractivity contribution >= 4 is 46.4 Å². The van der Waals surface area contributed by atoms with E-state index < -0.39 is 0 Å². The van der Waals surface area contributed by atoms with Gasteiger partial charge in [-0.2, -0.15) is 0 Å². The quantitative estimate of drug-likeness (QED) is 0.0855. The molecule has 346 valence electrons. The van der Waals surface area contributed by atoms with Gasteiger partial charge in [0.25, 0.3) is 0 Å². The average molecular weight is 927 g/mol. The van der Waals surface area contributed by atoms with Crippen LogP contribution < -0.4 is 0 Å². The number of rotatable bonds is 13. The summed E-state index contributed by atoms with van der Waals surface area (Å²) in [6, 6.07) is 60.6. The number of hydrogen-bond acceptors (Lipinski definition) is 4. The minimum absolute atomic E-state index is 0.0462. The first-order valence-corrected chi connectivity index (χ1v) is 24.8. The minimum atomic E-state index is 0.0462. The van der Waals surface area contributed by atoms with Crippen LogP contribution in [0.2, 0.25) is 0 Å². The van der Waals surface area contributed by atoms with E-state index in [1.54, 1.807) is 0 Å². The highest BCUT2D eigenvalue weighted by Crippen LogP contribution is 2.43. The van der Waals surface area contributed by atoms with E-state index in [-0.39, 0.29) is 23.8 Å². The molecule has 4 nitrogen and oxygen atoms in total. The first-order valence-electron chi connectivity index (χ1n) is 24.8. The molecule has 0 spiro atoms. The van der Waals surface area contributed by atoms with E-state index >= 15 is 0 Å². The van der Waals surface area contributed by atoms with Crippen molar-refractivity contribution in [2.45, 2.75) is 18.9 Å². The Morgan fingerprint density at radius 3 is 1.88 bits per heavy atom. The summed E-state index contributed by atoms with van der Waals surface area (Å²) in [5.74, 6) is 2.63. The van der Waals surface area contributed by atoms with Crippen LogP contribution in [0.1, 0.15) is 40.9 Å². The molecule has 11 rings (SSSR count). The molecule has 4 atom stereocenters. The maximum atomic E-state index is 5.23. The van der Waals surface area contributed by atoms with Gasteiger partial charge in [-0.1, -0.05) is 231 Å². The third-order valence-electron chi connectivity index (χ3n) is 14.0. The van der Waals surface area contributed by atoms with Gasteiger partial charge in [0, 0.05) is 17.0 Å². The molecule has 4 heteroatoms. The van der Waals surface area contributed by atoms with Crippen molar-refractivity contribution in [3.8, 4) is 45.0 Å². The molecule has 0 saturated heterocycles. The molecule has 72 heavy (non-hydrogen) atoms. The van der Waals surface area contributed by atoms with Gasteiger partial charge in [0.1, 0.15) is 0 Å². The molecule has 1 aromatic heterocycles. The van der Waals surface area contributed by atoms with E-state index in [2.05, 4.69) is 219 Å². The summed E-state index contributed by atoms with van der Waals surface area (Å²) in [6.07, 6.45) is 32.2. The van der Waals surface area contributed by atoms with Crippen molar-refractivity contribution in [1.82, 2.24) is 15.0 Å². The maximum Gasteiger partial charge on any atom is 0.164 e. The largest absolute Gasteiger partial charge is 0.293 e. The highest BCUT2D eigenvalue weighted by molar-refractivity contribution is 5.99. The van der Waals surface area contributed by atoms with Crippen LogP contribution in [-0.2, 0) is 0 Å². The van der Waals surface area contributed by atoms with E-state index in [4.69, 9.17) is 15.0 Å². The highest BCUT2D eigenvalue weighted by Gasteiger charge is 2.28. The van der Waals surface area contributed by atoms with Crippen LogP contribution >= 0.6 is 0 Å². The second kappa shape index (κ2) is 21.0. The van der Waals surface area contributed by atoms with Crippen LogP contribution in [0.3, 0.4) is 0 Å². The number of aliphatic imine (C=N–C) groups is 1. The second-order valence-corrected chi connectivity index (χ2v) is 18.7. The third kappa shape index (κ3) is 10.1. The zero-order chi connectivity index (χ0) is 48.6. The van der Waals surface area contributed by atoms with E-state index in [9.17, 15) is 0 Å². The Morgan fingerprint density at radius 2 is 1.14 bits per heavy atom. The number of fused-ring (bicyclic) bond motifs is 1. The molecule has 0 radical (unpaired) electrons. The van der Waals surface area contributed by atoms with Gasteiger partial charge in [0.05, 0.1) is 6.04 Å². The third-order valence-corrected chi connectivity index (χ3v) is 14.0. The lowest BCUT2D eigenvalue weighted by Gasteiger charge is -2.30. The van der Waals surface area contributed by atoms with Crippen molar-refractivity contribution in [2.24, 2.45) is 22.7 Å². The lowest BCUT2D eigenvalue weighted by atomic mass is 9.75. The number of aromatic nitrogens is 3. The van der Waals surface area contributed by atoms with Crippen LogP contribution in [0.25, 0.3) is 84.7 Å². The molecule has 0 amide bonds. The fourth-order valence-electron chi connectivity index (χ4n) is 10.2. The molecule has 7 aromatic carbocycles. The standard InChI is InChI=1S/C68H54N4/c1-3-4-18-48-39-58-24-11-13-31-63(58)64(40-48)59-30-17-28-56(43-59)54-26-15-25-53(41-54)55-27-16-29-57(42-55)61-44-60(49-36-33-47(34-37-49)35-38-50-19-12-14-32-65(50)69-2)45-62(46-61)68-71-66(51-20-7-5-8-21-51)70-67(72-68)52-22-9-6-10-23-52/h3-41,43-45,50,57,61,65H,1-2,42,46H2/b18-4-,38-35+. The lowest BCUT2D eigenvalue weighted by Crippen LogP contribution is -2.17. The zero-order valence-corrected chi connectivity index (χ0v) is 40.2. The Bertz CT molecular complexity index is 3510. The summed E-state index contributed by atoms with van der Waals surface area (Å²) < 4.78 is 0. The number of hydrogen-bond donors (Lipinski definition) is 0. The number of allylic oxidation sites excluding steroid dienone is 12. The predicted octanol–water partition coefficient (Wildman–Crippen LogP) is 16.9. The molecule has 4 unspecified atom stereocenters. The molecule has 0 N–H and O–H groups in total. The van der Waals surface area contributed by atoms with Gasteiger partial charge in [-0.15, -0.1) is 0 Å². The first kappa shape index (κ1) is 45.6. The Labute approximate surface area is 423 Å². The first-order chi connectivity index (χ1) is 35.5. The molecular formula is C68H54N4. The molecule has 0 saturated carbocycles. The van der Waals surface area contributed by atoms with Gasteiger partial charge in [-0.05, 0) is 134 Å². The molecule has 3 aliphatic carbocycles. The highest BCUT2D eigenvalue weighted by atomic mass is 15.0. The summed E-state index contributed by atoms with van der Waals surface area (Å²) in [5.41, 5.74) is 15.0. The monoisotopic (exact) mass is 926 g/mol. The average Bonchev–Trinajstić information content (AvgIpc) is 3.46. The summed E-state index contributed by atoms with van der Waals surface area (Å²) in [6.45, 7) is 7.71. The van der Waals surface area contributed by atoms with E-state index in [1.807, 2.05) is 54.6 Å². The Hall–Kier alpha value is -8.86. The molecule has 0 aliphatic heterocycles. The van der Waals surface area contributed by atoms with Crippen molar-refractivity contribution in [2.75, 3.05) is 0 Å². The van der Waals surface area contributed by atoms with Gasteiger partial charge in [-0.3, -0.25) is 4.99 Å². The van der Waals surface area contributed by atoms with E-state index in [1.165, 1.54) is 44.2 Å². The van der Waals surface area contributed by atoms with E-state index in [0.717, 1.165) is 51.8 Å². The van der Waals surface area contributed by atoms with Crippen molar-refractivity contribution in [3.05, 3.63) is 277 Å². The molecular weight excluding hydrogens is 873 g/mol. The Balaban J connectivity index is 0.917. The second-order valence-electron chi connectivity index (χ2n) is 18.7. The van der Waals surface area contributed by atoms with Gasteiger partial charge >= 0.3 is 0 Å². The minimum Gasteiger partial charge on any atom is -0.293 e. The number of benzene rings is 7. The van der Waals surface area contributed by atoms with Crippen molar-refractivity contribution in [1.29, 1.82) is 0 Å². The Kier molecular flexibility index (Phi) is 13.3. The summed E-state index contributed by atoms with van der Waals surface area (Å²) in [4.78, 5) is 19.8. The van der Waals surface area contributed by atoms with E-state index in [0.29, 0.717) is 17.5 Å². The van der Waals surface area contributed by atoms with Crippen LogP contribution in [0.4, 0.5) is 0 Å². The fraction of sp³-hybridized carbons (Fsp3) is 0.0882. The van der Waals surface area contributed by atoms with Crippen LogP contribution in [-0.4, -0.2) is 27.7 Å². The van der Waals surface area contributed by atoms with Crippen LogP contribution in [0.5, 0.6) is 0 Å². The molecule has 0 fully saturated rings. The molecule has 1 heterocycles. The zero-order valence-electron chi connectivity index (χ0n) is 40.2. The van der Waals surface area contributed by atoms with Crippen LogP contribution in [0, 0.1) is 17.8 Å². The smallest absolute Gasteiger partial charge is 0.164 e. The normalized spacial score (nSPS) is 18.5. The van der Waals surface area contributed by atoms with Gasteiger partial charge in [-0.25, -0.2) is 15.0 Å². The summed E-state index contributed by atoms with van der Waals surface area (Å²) >= 11 is 0. The fourth-order valence-corrected chi connectivity index (χ4v) is 10.2. The topological polar surface area (TPSA) is 51.0 Å². The van der Waals surface area contributed by atoms with Crippen molar-refractivity contribution in [3.63, 3.8) is 0 Å². The summed E-state index contributed by atoms with van der Waals surface area (Å²) in [5, 5.41) is 2.45. The molecule has 8 aromatic rings. The lowest BCUT2D eigenvalue weighted by molar-refractivity contribution is 0.489. The van der Waals surface area contributed by atoms with Gasteiger partial charge < -0.3 is 0 Å². The van der Waals surface area contributed by atoms with Crippen molar-refractivity contribution < 1.29 is 0 Å². The number of nitrogens with zero attached hydrogens (tertiary/aromatic N) is 4. The Morgan fingerprint density at radius 1 is 0.500 bits per heavy atom. The maximum absolute atomic E-state index is 5.23. The predicted molar refractivity (Wildman–Crippen MR) is 305 cm³/mol. The molecule has 3 aliphatic rings. The van der Waals surface area contributed by atoms with Gasteiger partial charge in [0.15, 0.2) is 17.5 Å². The molecule has 0 bridgehead atoms. The summed E-state index contributed by atoms with van der Waals surface area (Å²) in [7, 11) is 0. The van der Waals surface area contributed by atoms with Gasteiger partial charge in [0.2, 0.25) is 0 Å².